The number of benzene rings is 3. The number of aromatic nitrogens is 2. The van der Waals surface area contributed by atoms with Gasteiger partial charge in [0.1, 0.15) is 5.75 Å². The molecule has 3 aromatic carbocycles. The molecular formula is C35H30F9N4NaO5. The van der Waals surface area contributed by atoms with Crippen molar-refractivity contribution in [2.24, 2.45) is 0 Å². The molecule has 284 valence electrons. The normalized spacial score (nSPS) is 11.8. The van der Waals surface area contributed by atoms with Gasteiger partial charge in [0.25, 0.3) is 5.91 Å². The van der Waals surface area contributed by atoms with E-state index in [1.807, 2.05) is 0 Å². The minimum Gasteiger partial charge on any atom is -0.550 e. The van der Waals surface area contributed by atoms with Gasteiger partial charge in [-0.3, -0.25) is 4.79 Å². The molecular weight excluding hydrogens is 750 g/mol. The van der Waals surface area contributed by atoms with E-state index in [0.29, 0.717) is 12.1 Å². The number of halogens is 9. The van der Waals surface area contributed by atoms with Crippen molar-refractivity contribution < 1.29 is 93.2 Å². The summed E-state index contributed by atoms with van der Waals surface area (Å²) in [6, 6.07) is 7.75. The number of carboxylic acid groups (broad SMARTS) is 1. The van der Waals surface area contributed by atoms with Crippen LogP contribution in [0.5, 0.6) is 11.5 Å². The van der Waals surface area contributed by atoms with Gasteiger partial charge in [-0.25, -0.2) is 9.97 Å². The number of hydrogen-bond donors (Lipinski definition) is 0. The van der Waals surface area contributed by atoms with E-state index in [9.17, 15) is 54.2 Å². The van der Waals surface area contributed by atoms with Crippen LogP contribution in [-0.2, 0) is 36.4 Å². The Balaban J connectivity index is 0.00000784. The van der Waals surface area contributed by atoms with Crippen molar-refractivity contribution in [1.29, 1.82) is 0 Å². The van der Waals surface area contributed by atoms with Gasteiger partial charge in [0.2, 0.25) is 5.95 Å². The number of methoxy groups -OCH3 is 1. The van der Waals surface area contributed by atoms with Gasteiger partial charge < -0.3 is 29.2 Å². The number of carbonyl (C=O) groups excluding carboxylic acids is 2. The van der Waals surface area contributed by atoms with E-state index in [1.54, 1.807) is 0 Å². The van der Waals surface area contributed by atoms with Gasteiger partial charge >= 0.3 is 48.1 Å². The summed E-state index contributed by atoms with van der Waals surface area (Å²) in [5, 5.41) is 10.7. The number of carbonyl (C=O) groups is 2. The summed E-state index contributed by atoms with van der Waals surface area (Å²) in [7, 11) is 4.25. The number of ether oxygens (including phenoxy) is 2. The fourth-order valence-corrected chi connectivity index (χ4v) is 5.16. The van der Waals surface area contributed by atoms with Gasteiger partial charge in [0.15, 0.2) is 5.75 Å². The maximum absolute atomic E-state index is 14.1. The van der Waals surface area contributed by atoms with Gasteiger partial charge in [-0.2, -0.15) is 39.5 Å². The van der Waals surface area contributed by atoms with Crippen LogP contribution in [0.4, 0.5) is 45.5 Å². The first-order valence-corrected chi connectivity index (χ1v) is 15.5. The van der Waals surface area contributed by atoms with Crippen LogP contribution >= 0.6 is 0 Å². The Morgan fingerprint density at radius 2 is 1.35 bits per heavy atom. The molecule has 19 heteroatoms. The molecule has 54 heavy (non-hydrogen) atoms. The van der Waals surface area contributed by atoms with Crippen molar-refractivity contribution in [2.45, 2.75) is 44.5 Å². The zero-order chi connectivity index (χ0) is 39.3. The molecule has 0 bridgehead atoms. The Hall–Kier alpha value is -4.55. The first-order valence-electron chi connectivity index (χ1n) is 15.5. The fourth-order valence-electron chi connectivity index (χ4n) is 5.16. The first-order chi connectivity index (χ1) is 24.7. The zero-order valence-electron chi connectivity index (χ0n) is 29.1. The maximum Gasteiger partial charge on any atom is 1.00 e. The molecule has 0 aliphatic heterocycles. The summed E-state index contributed by atoms with van der Waals surface area (Å²) in [4.78, 5) is 34.0. The van der Waals surface area contributed by atoms with Crippen molar-refractivity contribution in [2.75, 3.05) is 32.7 Å². The summed E-state index contributed by atoms with van der Waals surface area (Å²) in [5.41, 5.74) is -4.65. The second-order valence-corrected chi connectivity index (χ2v) is 11.8. The second-order valence-electron chi connectivity index (χ2n) is 11.8. The third-order valence-corrected chi connectivity index (χ3v) is 7.65. The Morgan fingerprint density at radius 3 is 1.87 bits per heavy atom. The molecule has 1 aromatic heterocycles. The number of rotatable bonds is 13. The van der Waals surface area contributed by atoms with E-state index in [2.05, 4.69) is 9.97 Å². The van der Waals surface area contributed by atoms with Crippen LogP contribution in [0, 0.1) is 0 Å². The fraction of sp³-hybridized carbons (Fsp3) is 0.314. The van der Waals surface area contributed by atoms with Crippen molar-refractivity contribution in [3.05, 3.63) is 100 Å². The predicted octanol–water partition coefficient (Wildman–Crippen LogP) is 4.03. The number of aliphatic carboxylic acids is 1. The molecule has 0 fully saturated rings. The molecule has 0 saturated carbocycles. The van der Waals surface area contributed by atoms with Gasteiger partial charge in [-0.1, -0.05) is 6.07 Å². The Labute approximate surface area is 325 Å². The van der Waals surface area contributed by atoms with E-state index in [1.165, 1.54) is 44.3 Å². The largest absolute Gasteiger partial charge is 1.00 e. The minimum atomic E-state index is -5.19. The SMILES string of the molecule is COc1ccc(C(=O)N(C)C)cc1-c1ccc(C(F)(F)F)cc1CN(Cc1cc(C(F)(F)F)cc(C(F)(F)F)c1)c1ncc(OCCCC(=O)[O-])cn1.[Na+]. The Morgan fingerprint density at radius 1 is 0.759 bits per heavy atom. The maximum atomic E-state index is 14.1. The zero-order valence-corrected chi connectivity index (χ0v) is 31.1. The molecule has 0 aliphatic rings. The molecule has 0 atom stereocenters. The molecule has 1 heterocycles. The molecule has 1 amide bonds. The van der Waals surface area contributed by atoms with Gasteiger partial charge in [0.05, 0.1) is 42.8 Å². The van der Waals surface area contributed by atoms with Gasteiger partial charge in [-0.15, -0.1) is 0 Å². The summed E-state index contributed by atoms with van der Waals surface area (Å²) >= 11 is 0. The van der Waals surface area contributed by atoms with E-state index >= 15 is 0 Å². The summed E-state index contributed by atoms with van der Waals surface area (Å²) < 4.78 is 136. The first kappa shape index (κ1) is 43.9. The molecule has 0 aliphatic carbocycles. The molecule has 4 aromatic rings. The molecule has 0 radical (unpaired) electrons. The van der Waals surface area contributed by atoms with E-state index in [-0.39, 0.29) is 94.8 Å². The number of alkyl halides is 9. The minimum absolute atomic E-state index is 0. The summed E-state index contributed by atoms with van der Waals surface area (Å²) in [5.74, 6) is -1.95. The third-order valence-electron chi connectivity index (χ3n) is 7.65. The monoisotopic (exact) mass is 780 g/mol. The van der Waals surface area contributed by atoms with E-state index < -0.39 is 65.7 Å². The average molecular weight is 781 g/mol. The average Bonchev–Trinajstić information content (AvgIpc) is 3.08. The number of amides is 1. The van der Waals surface area contributed by atoms with Crippen molar-refractivity contribution in [1.82, 2.24) is 14.9 Å². The molecule has 0 N–H and O–H groups in total. The molecule has 0 unspecified atom stereocenters. The number of anilines is 1. The Bertz CT molecular complexity index is 1900. The topological polar surface area (TPSA) is 108 Å². The van der Waals surface area contributed by atoms with Crippen molar-refractivity contribution >= 4 is 17.8 Å². The smallest absolute Gasteiger partial charge is 0.550 e. The van der Waals surface area contributed by atoms with Crippen LogP contribution in [0.3, 0.4) is 0 Å². The van der Waals surface area contributed by atoms with E-state index in [0.717, 1.165) is 35.5 Å². The molecule has 0 saturated heterocycles. The molecule has 4 rings (SSSR count). The van der Waals surface area contributed by atoms with Crippen LogP contribution < -0.4 is 49.0 Å². The van der Waals surface area contributed by atoms with Crippen LogP contribution in [0.15, 0.2) is 67.0 Å². The summed E-state index contributed by atoms with van der Waals surface area (Å²) in [6.07, 6.45) is -13.3. The van der Waals surface area contributed by atoms with Gasteiger partial charge in [-0.05, 0) is 78.1 Å². The predicted molar refractivity (Wildman–Crippen MR) is 170 cm³/mol. The van der Waals surface area contributed by atoms with Crippen LogP contribution in [-0.4, -0.2) is 54.6 Å². The number of hydrogen-bond acceptors (Lipinski definition) is 8. The van der Waals surface area contributed by atoms with Crippen LogP contribution in [0.1, 0.15) is 51.0 Å². The van der Waals surface area contributed by atoms with Crippen LogP contribution in [0.2, 0.25) is 0 Å². The number of carboxylic acids is 1. The third kappa shape index (κ3) is 11.5. The number of nitrogens with zero attached hydrogens (tertiary/aromatic N) is 4. The van der Waals surface area contributed by atoms with Crippen molar-refractivity contribution in [3.63, 3.8) is 0 Å². The van der Waals surface area contributed by atoms with Crippen LogP contribution in [0.25, 0.3) is 11.1 Å². The van der Waals surface area contributed by atoms with Crippen molar-refractivity contribution in [3.8, 4) is 22.6 Å². The quantitative estimate of drug-likeness (QED) is 0.114. The molecule has 9 nitrogen and oxygen atoms in total. The molecule has 0 spiro atoms. The standard InChI is InChI=1S/C35H31F9N4O5.Na/c1-47(2)31(51)21-6-9-29(52-3)28(14-21)27-8-7-23(33(36,37)38)13-22(27)19-48(32-45-16-26(17-46-32)53-10-4-5-30(49)50)18-20-11-24(34(39,40)41)15-25(12-20)35(42,43)44;/h6-9,11-17H,4-5,10,18-19H2,1-3H3,(H,49,50);/q;+1/p-1. The van der Waals surface area contributed by atoms with Gasteiger partial charge in [0, 0.05) is 44.3 Å². The summed E-state index contributed by atoms with van der Waals surface area (Å²) in [6.45, 7) is -1.47. The second kappa shape index (κ2) is 17.7. The van der Waals surface area contributed by atoms with E-state index in [4.69, 9.17) is 9.47 Å². The Kier molecular flexibility index (Phi) is 14.4.